The highest BCUT2D eigenvalue weighted by Gasteiger charge is 2.12. The second-order valence-electron chi connectivity index (χ2n) is 4.64. The molecular formula is C15H18N2O3S. The van der Waals surface area contributed by atoms with Crippen molar-refractivity contribution in [3.8, 4) is 5.75 Å². The van der Waals surface area contributed by atoms with Gasteiger partial charge in [-0.2, -0.15) is 0 Å². The number of nitrogens with one attached hydrogen (secondary N) is 1. The van der Waals surface area contributed by atoms with E-state index >= 15 is 0 Å². The Kier molecular flexibility index (Phi) is 4.82. The lowest BCUT2D eigenvalue weighted by Crippen LogP contribution is -2.25. The molecule has 0 aliphatic carbocycles. The summed E-state index contributed by atoms with van der Waals surface area (Å²) < 4.78 is 31.9. The average molecular weight is 306 g/mol. The molecule has 0 unspecified atom stereocenters. The highest BCUT2D eigenvalue weighted by molar-refractivity contribution is 7.88. The van der Waals surface area contributed by atoms with E-state index < -0.39 is 10.0 Å². The second-order valence-corrected chi connectivity index (χ2v) is 6.44. The maximum atomic E-state index is 12.1. The molecule has 0 aliphatic heterocycles. The minimum absolute atomic E-state index is 0.104. The lowest BCUT2D eigenvalue weighted by atomic mass is 10.2. The fourth-order valence-electron chi connectivity index (χ4n) is 1.99. The minimum atomic E-state index is -3.44. The topological polar surface area (TPSA) is 81.4 Å². The zero-order chi connectivity index (χ0) is 15.3. The van der Waals surface area contributed by atoms with Gasteiger partial charge < -0.3 is 10.5 Å². The highest BCUT2D eigenvalue weighted by Crippen LogP contribution is 2.17. The van der Waals surface area contributed by atoms with Gasteiger partial charge in [-0.05, 0) is 23.8 Å². The van der Waals surface area contributed by atoms with Gasteiger partial charge in [0.1, 0.15) is 5.75 Å². The Morgan fingerprint density at radius 1 is 1.14 bits per heavy atom. The number of sulfonamides is 1. The summed E-state index contributed by atoms with van der Waals surface area (Å²) in [6.45, 7) is 0.189. The minimum Gasteiger partial charge on any atom is -0.496 e. The van der Waals surface area contributed by atoms with E-state index in [1.807, 2.05) is 18.2 Å². The first-order valence-corrected chi connectivity index (χ1v) is 8.09. The second kappa shape index (κ2) is 6.60. The summed E-state index contributed by atoms with van der Waals surface area (Å²) in [7, 11) is -1.88. The van der Waals surface area contributed by atoms with Gasteiger partial charge in [0, 0.05) is 17.8 Å². The number of nitrogens with two attached hydrogens (primary N) is 1. The van der Waals surface area contributed by atoms with Crippen LogP contribution < -0.4 is 15.2 Å². The smallest absolute Gasteiger partial charge is 0.216 e. The van der Waals surface area contributed by atoms with Crippen molar-refractivity contribution in [2.75, 3.05) is 12.8 Å². The van der Waals surface area contributed by atoms with Crippen LogP contribution in [-0.2, 0) is 22.3 Å². The number of para-hydroxylation sites is 1. The lowest BCUT2D eigenvalue weighted by Gasteiger charge is -2.10. The summed E-state index contributed by atoms with van der Waals surface area (Å²) >= 11 is 0. The summed E-state index contributed by atoms with van der Waals surface area (Å²) in [5.41, 5.74) is 7.64. The Balaban J connectivity index is 2.04. The van der Waals surface area contributed by atoms with Gasteiger partial charge in [-0.25, -0.2) is 13.1 Å². The van der Waals surface area contributed by atoms with E-state index in [0.717, 1.165) is 5.56 Å². The van der Waals surface area contributed by atoms with E-state index in [1.165, 1.54) is 0 Å². The van der Waals surface area contributed by atoms with Crippen molar-refractivity contribution in [1.82, 2.24) is 4.72 Å². The van der Waals surface area contributed by atoms with Crippen molar-refractivity contribution in [2.24, 2.45) is 0 Å². The summed E-state index contributed by atoms with van der Waals surface area (Å²) in [5, 5.41) is 0. The van der Waals surface area contributed by atoms with Gasteiger partial charge in [-0.3, -0.25) is 0 Å². The van der Waals surface area contributed by atoms with Gasteiger partial charge in [0.05, 0.1) is 12.9 Å². The van der Waals surface area contributed by atoms with Gasteiger partial charge in [0.15, 0.2) is 0 Å². The Morgan fingerprint density at radius 2 is 1.90 bits per heavy atom. The van der Waals surface area contributed by atoms with E-state index in [1.54, 1.807) is 37.4 Å². The molecule has 0 bridgehead atoms. The van der Waals surface area contributed by atoms with E-state index in [-0.39, 0.29) is 12.3 Å². The first-order chi connectivity index (χ1) is 10.00. The summed E-state index contributed by atoms with van der Waals surface area (Å²) in [6.07, 6.45) is 0. The van der Waals surface area contributed by atoms with Crippen LogP contribution in [0.25, 0.3) is 0 Å². The number of nitrogen functional groups attached to an aromatic ring is 1. The molecular weight excluding hydrogens is 288 g/mol. The van der Waals surface area contributed by atoms with Crippen molar-refractivity contribution in [2.45, 2.75) is 12.3 Å². The zero-order valence-electron chi connectivity index (χ0n) is 11.7. The van der Waals surface area contributed by atoms with E-state index in [4.69, 9.17) is 10.5 Å². The molecule has 0 radical (unpaired) electrons. The molecule has 0 aliphatic rings. The number of benzene rings is 2. The number of rotatable bonds is 6. The Morgan fingerprint density at radius 3 is 2.62 bits per heavy atom. The third-order valence-corrected chi connectivity index (χ3v) is 4.28. The number of methoxy groups -OCH3 is 1. The molecule has 2 rings (SSSR count). The number of ether oxygens (including phenoxy) is 1. The van der Waals surface area contributed by atoms with Crippen LogP contribution in [0.3, 0.4) is 0 Å². The fraction of sp³-hybridized carbons (Fsp3) is 0.200. The third kappa shape index (κ3) is 4.47. The van der Waals surface area contributed by atoms with Gasteiger partial charge >= 0.3 is 0 Å². The molecule has 5 nitrogen and oxygen atoms in total. The van der Waals surface area contributed by atoms with Crippen LogP contribution in [0.4, 0.5) is 5.69 Å². The molecule has 0 aromatic heterocycles. The predicted molar refractivity (Wildman–Crippen MR) is 83.3 cm³/mol. The Labute approximate surface area is 124 Å². The number of hydrogen-bond donors (Lipinski definition) is 2. The first-order valence-electron chi connectivity index (χ1n) is 6.44. The molecule has 0 spiro atoms. The molecule has 0 saturated carbocycles. The maximum absolute atomic E-state index is 12.1. The molecule has 0 amide bonds. The molecule has 0 heterocycles. The largest absolute Gasteiger partial charge is 0.496 e. The molecule has 6 heteroatoms. The van der Waals surface area contributed by atoms with Crippen LogP contribution in [0.1, 0.15) is 11.1 Å². The van der Waals surface area contributed by atoms with Crippen LogP contribution in [0, 0.1) is 0 Å². The lowest BCUT2D eigenvalue weighted by molar-refractivity contribution is 0.409. The van der Waals surface area contributed by atoms with Crippen molar-refractivity contribution in [3.05, 3.63) is 59.7 Å². The van der Waals surface area contributed by atoms with Gasteiger partial charge in [-0.15, -0.1) is 0 Å². The van der Waals surface area contributed by atoms with Crippen molar-refractivity contribution in [1.29, 1.82) is 0 Å². The molecule has 0 atom stereocenters. The molecule has 0 fully saturated rings. The maximum Gasteiger partial charge on any atom is 0.216 e. The fourth-order valence-corrected chi connectivity index (χ4v) is 3.09. The normalized spacial score (nSPS) is 11.3. The Hall–Kier alpha value is -2.05. The number of anilines is 1. The molecule has 3 N–H and O–H groups in total. The highest BCUT2D eigenvalue weighted by atomic mass is 32.2. The standard InChI is InChI=1S/C15H18N2O3S/c1-20-15-8-3-2-6-13(15)10-17-21(18,19)11-12-5-4-7-14(16)9-12/h2-9,17H,10-11,16H2,1H3. The van der Waals surface area contributed by atoms with Crippen LogP contribution in [0.2, 0.25) is 0 Å². The molecule has 2 aromatic carbocycles. The first kappa shape index (κ1) is 15.3. The molecule has 0 saturated heterocycles. The van der Waals surface area contributed by atoms with E-state index in [2.05, 4.69) is 4.72 Å². The SMILES string of the molecule is COc1ccccc1CNS(=O)(=O)Cc1cccc(N)c1. The van der Waals surface area contributed by atoms with Crippen molar-refractivity contribution in [3.63, 3.8) is 0 Å². The van der Waals surface area contributed by atoms with Crippen LogP contribution in [0.5, 0.6) is 5.75 Å². The Bertz CT molecular complexity index is 714. The molecule has 21 heavy (non-hydrogen) atoms. The zero-order valence-corrected chi connectivity index (χ0v) is 12.6. The van der Waals surface area contributed by atoms with E-state index in [9.17, 15) is 8.42 Å². The summed E-state index contributed by atoms with van der Waals surface area (Å²) in [4.78, 5) is 0. The van der Waals surface area contributed by atoms with Crippen LogP contribution in [0.15, 0.2) is 48.5 Å². The summed E-state index contributed by atoms with van der Waals surface area (Å²) in [6, 6.07) is 14.1. The van der Waals surface area contributed by atoms with Gasteiger partial charge in [0.2, 0.25) is 10.0 Å². The average Bonchev–Trinajstić information content (AvgIpc) is 2.45. The monoisotopic (exact) mass is 306 g/mol. The summed E-state index contributed by atoms with van der Waals surface area (Å²) in [5.74, 6) is 0.553. The van der Waals surface area contributed by atoms with E-state index in [0.29, 0.717) is 17.0 Å². The van der Waals surface area contributed by atoms with Crippen molar-refractivity contribution >= 4 is 15.7 Å². The predicted octanol–water partition coefficient (Wildman–Crippen LogP) is 1.90. The quantitative estimate of drug-likeness (QED) is 0.799. The van der Waals surface area contributed by atoms with Crippen LogP contribution in [-0.4, -0.2) is 15.5 Å². The third-order valence-electron chi connectivity index (χ3n) is 2.98. The van der Waals surface area contributed by atoms with Crippen LogP contribution >= 0.6 is 0 Å². The van der Waals surface area contributed by atoms with Gasteiger partial charge in [0.25, 0.3) is 0 Å². The van der Waals surface area contributed by atoms with Gasteiger partial charge in [-0.1, -0.05) is 30.3 Å². The molecule has 2 aromatic rings. The number of hydrogen-bond acceptors (Lipinski definition) is 4. The van der Waals surface area contributed by atoms with Crippen molar-refractivity contribution < 1.29 is 13.2 Å². The molecule has 112 valence electrons.